The number of benzene rings is 3. The number of imidazole rings is 1. The molecule has 0 fully saturated rings. The predicted octanol–water partition coefficient (Wildman–Crippen LogP) is 5.42. The Hall–Kier alpha value is -4.06. The Balaban J connectivity index is 1.81. The van der Waals surface area contributed by atoms with E-state index in [-0.39, 0.29) is 12.6 Å². The van der Waals surface area contributed by atoms with Gasteiger partial charge < -0.3 is 14.8 Å². The van der Waals surface area contributed by atoms with Crippen molar-refractivity contribution >= 4 is 28.6 Å². The highest BCUT2D eigenvalue weighted by Gasteiger charge is 2.36. The number of aromatic nitrogens is 2. The van der Waals surface area contributed by atoms with Crippen molar-refractivity contribution in [3.8, 4) is 5.75 Å². The minimum absolute atomic E-state index is 0.285. The fraction of sp³-hybridized carbons (Fsp3) is 0.185. The Morgan fingerprint density at radius 2 is 1.76 bits per heavy atom. The summed E-state index contributed by atoms with van der Waals surface area (Å²) >= 11 is 0. The van der Waals surface area contributed by atoms with Crippen LogP contribution in [-0.4, -0.2) is 28.7 Å². The molecule has 0 spiro atoms. The van der Waals surface area contributed by atoms with Crippen LogP contribution in [0.1, 0.15) is 31.0 Å². The van der Waals surface area contributed by atoms with Crippen molar-refractivity contribution < 1.29 is 14.3 Å². The van der Waals surface area contributed by atoms with Crippen LogP contribution >= 0.6 is 0 Å². The number of hydrogen-bond acceptors (Lipinski definition) is 5. The van der Waals surface area contributed by atoms with E-state index in [0.29, 0.717) is 23.8 Å². The molecule has 0 saturated heterocycles. The number of para-hydroxylation sites is 2. The lowest BCUT2D eigenvalue weighted by Gasteiger charge is -2.31. The topological polar surface area (TPSA) is 65.4 Å². The van der Waals surface area contributed by atoms with Crippen LogP contribution in [0.4, 0.5) is 5.95 Å². The third-order valence-electron chi connectivity index (χ3n) is 5.68. The quantitative estimate of drug-likeness (QED) is 0.406. The first-order valence-electron chi connectivity index (χ1n) is 11.1. The number of fused-ring (bicyclic) bond motifs is 3. The lowest BCUT2D eigenvalue weighted by atomic mass is 9.92. The van der Waals surface area contributed by atoms with E-state index in [1.807, 2.05) is 92.7 Å². The van der Waals surface area contributed by atoms with E-state index < -0.39 is 6.04 Å². The van der Waals surface area contributed by atoms with Gasteiger partial charge in [-0.05, 0) is 49.2 Å². The molecule has 1 atom stereocenters. The van der Waals surface area contributed by atoms with Gasteiger partial charge in [-0.15, -0.1) is 0 Å². The van der Waals surface area contributed by atoms with Gasteiger partial charge in [0.05, 0.1) is 41.6 Å². The molecule has 0 unspecified atom stereocenters. The Morgan fingerprint density at radius 3 is 2.55 bits per heavy atom. The van der Waals surface area contributed by atoms with Gasteiger partial charge >= 0.3 is 5.97 Å². The highest BCUT2D eigenvalue weighted by molar-refractivity contribution is 6.03. The molecule has 2 heterocycles. The summed E-state index contributed by atoms with van der Waals surface area (Å²) in [5.41, 5.74) is 4.83. The van der Waals surface area contributed by atoms with Gasteiger partial charge in [0.2, 0.25) is 5.95 Å². The molecule has 6 nitrogen and oxygen atoms in total. The van der Waals surface area contributed by atoms with Gasteiger partial charge in [-0.2, -0.15) is 0 Å². The summed E-state index contributed by atoms with van der Waals surface area (Å²) < 4.78 is 13.4. The summed E-state index contributed by atoms with van der Waals surface area (Å²) in [6, 6.07) is 25.2. The zero-order valence-corrected chi connectivity index (χ0v) is 18.6. The maximum Gasteiger partial charge on any atom is 0.338 e. The van der Waals surface area contributed by atoms with Crippen LogP contribution < -0.4 is 10.1 Å². The third kappa shape index (κ3) is 3.74. The third-order valence-corrected chi connectivity index (χ3v) is 5.68. The fourth-order valence-electron chi connectivity index (χ4n) is 4.35. The van der Waals surface area contributed by atoms with Gasteiger partial charge in [0, 0.05) is 0 Å². The second kappa shape index (κ2) is 8.82. The summed E-state index contributed by atoms with van der Waals surface area (Å²) in [5, 5.41) is 3.43. The Kier molecular flexibility index (Phi) is 5.57. The van der Waals surface area contributed by atoms with E-state index in [9.17, 15) is 4.79 Å². The van der Waals surface area contributed by atoms with Crippen molar-refractivity contribution in [3.05, 3.63) is 95.6 Å². The molecule has 33 heavy (non-hydrogen) atoms. The normalized spacial score (nSPS) is 15.2. The van der Waals surface area contributed by atoms with E-state index in [1.54, 1.807) is 0 Å². The minimum Gasteiger partial charge on any atom is -0.494 e. The van der Waals surface area contributed by atoms with Crippen LogP contribution in [0, 0.1) is 0 Å². The predicted molar refractivity (Wildman–Crippen MR) is 129 cm³/mol. The van der Waals surface area contributed by atoms with Gasteiger partial charge in [0.15, 0.2) is 0 Å². The lowest BCUT2D eigenvalue weighted by molar-refractivity contribution is -0.138. The second-order valence-electron chi connectivity index (χ2n) is 7.70. The molecule has 0 aliphatic carbocycles. The van der Waals surface area contributed by atoms with E-state index in [0.717, 1.165) is 27.9 Å². The lowest BCUT2D eigenvalue weighted by Crippen LogP contribution is -2.29. The smallest absolute Gasteiger partial charge is 0.338 e. The number of nitrogens with one attached hydrogen (secondary N) is 1. The van der Waals surface area contributed by atoms with E-state index in [4.69, 9.17) is 14.5 Å². The average Bonchev–Trinajstić information content (AvgIpc) is 3.22. The van der Waals surface area contributed by atoms with E-state index >= 15 is 0 Å². The maximum atomic E-state index is 13.5. The molecule has 1 aromatic heterocycles. The molecule has 5 rings (SSSR count). The largest absolute Gasteiger partial charge is 0.494 e. The first kappa shape index (κ1) is 20.8. The number of esters is 1. The zero-order valence-electron chi connectivity index (χ0n) is 18.6. The number of ether oxygens (including phenoxy) is 2. The molecule has 1 aliphatic rings. The van der Waals surface area contributed by atoms with E-state index in [1.165, 1.54) is 0 Å². The first-order chi connectivity index (χ1) is 16.2. The van der Waals surface area contributed by atoms with Crippen molar-refractivity contribution in [1.29, 1.82) is 0 Å². The van der Waals surface area contributed by atoms with Gasteiger partial charge in [0.1, 0.15) is 5.75 Å². The molecule has 0 bridgehead atoms. The summed E-state index contributed by atoms with van der Waals surface area (Å²) in [6.07, 6.45) is 0. The molecule has 0 saturated carbocycles. The fourth-order valence-corrected chi connectivity index (χ4v) is 4.35. The van der Waals surface area contributed by atoms with Crippen LogP contribution in [0.5, 0.6) is 5.75 Å². The highest BCUT2D eigenvalue weighted by atomic mass is 16.5. The van der Waals surface area contributed by atoms with Gasteiger partial charge in [-0.3, -0.25) is 4.57 Å². The molecule has 166 valence electrons. The molecular formula is C27H25N3O3. The molecule has 1 aliphatic heterocycles. The number of carbonyl (C=O) groups excluding carboxylic acids is 1. The Bertz CT molecular complexity index is 1340. The minimum atomic E-state index is -0.441. The van der Waals surface area contributed by atoms with Gasteiger partial charge in [0.25, 0.3) is 0 Å². The summed E-state index contributed by atoms with van der Waals surface area (Å²) in [4.78, 5) is 18.3. The average molecular weight is 440 g/mol. The summed E-state index contributed by atoms with van der Waals surface area (Å²) in [6.45, 7) is 4.62. The number of nitrogens with zero attached hydrogens (tertiary/aromatic N) is 2. The molecule has 0 radical (unpaired) electrons. The zero-order chi connectivity index (χ0) is 22.8. The summed E-state index contributed by atoms with van der Waals surface area (Å²) in [5.74, 6) is 1.07. The number of rotatable bonds is 6. The molecule has 4 aromatic rings. The monoisotopic (exact) mass is 439 g/mol. The molecule has 3 aromatic carbocycles. The Morgan fingerprint density at radius 1 is 0.970 bits per heavy atom. The van der Waals surface area contributed by atoms with Crippen molar-refractivity contribution in [2.24, 2.45) is 0 Å². The van der Waals surface area contributed by atoms with Crippen molar-refractivity contribution in [1.82, 2.24) is 9.55 Å². The highest BCUT2D eigenvalue weighted by Crippen LogP contribution is 2.42. The van der Waals surface area contributed by atoms with Crippen molar-refractivity contribution in [3.63, 3.8) is 0 Å². The maximum absolute atomic E-state index is 13.5. The standard InChI is InChI=1S/C27H25N3O3/c1-3-32-20-14-10-13-19(17-20)25-23(26(31)33-4-2)24(18-11-6-5-7-12-18)29-27-28-21-15-8-9-16-22(21)30(25)27/h5-17,25H,3-4H2,1-2H3,(H,28,29)/t25-/m1/s1. The van der Waals surface area contributed by atoms with Crippen LogP contribution in [0.15, 0.2) is 84.4 Å². The number of anilines is 1. The first-order valence-corrected chi connectivity index (χ1v) is 11.1. The molecular weight excluding hydrogens is 414 g/mol. The van der Waals surface area contributed by atoms with Crippen LogP contribution in [0.2, 0.25) is 0 Å². The Labute approximate surface area is 192 Å². The van der Waals surface area contributed by atoms with Gasteiger partial charge in [-0.25, -0.2) is 9.78 Å². The SMILES string of the molecule is CCOC(=O)C1=C(c2ccccc2)Nc2nc3ccccc3n2[C@@H]1c1cccc(OCC)c1. The van der Waals surface area contributed by atoms with E-state index in [2.05, 4.69) is 9.88 Å². The molecule has 6 heteroatoms. The second-order valence-corrected chi connectivity index (χ2v) is 7.70. The van der Waals surface area contributed by atoms with Gasteiger partial charge in [-0.1, -0.05) is 54.6 Å². The molecule has 1 N–H and O–H groups in total. The van der Waals surface area contributed by atoms with Crippen LogP contribution in [-0.2, 0) is 9.53 Å². The summed E-state index contributed by atoms with van der Waals surface area (Å²) in [7, 11) is 0. The van der Waals surface area contributed by atoms with Crippen LogP contribution in [0.25, 0.3) is 16.7 Å². The molecule has 0 amide bonds. The van der Waals surface area contributed by atoms with Crippen molar-refractivity contribution in [2.45, 2.75) is 19.9 Å². The number of carbonyl (C=O) groups is 1. The van der Waals surface area contributed by atoms with Crippen molar-refractivity contribution in [2.75, 3.05) is 18.5 Å². The van der Waals surface area contributed by atoms with Crippen LogP contribution in [0.3, 0.4) is 0 Å². The number of hydrogen-bond donors (Lipinski definition) is 1.